The molecule has 2 aliphatic rings. The molecule has 1 aliphatic carbocycles. The number of aryl methyl sites for hydroxylation is 1. The van der Waals surface area contributed by atoms with Crippen molar-refractivity contribution in [3.8, 4) is 0 Å². The predicted molar refractivity (Wildman–Crippen MR) is 98.0 cm³/mol. The number of carbonyl (C=O) groups excluding carboxylic acids is 2. The molecule has 1 atom stereocenters. The van der Waals surface area contributed by atoms with Gasteiger partial charge in [0.15, 0.2) is 0 Å². The molecule has 29 heavy (non-hydrogen) atoms. The largest absolute Gasteiger partial charge is 0.347 e. The summed E-state index contributed by atoms with van der Waals surface area (Å²) >= 11 is 0. The van der Waals surface area contributed by atoms with Crippen molar-refractivity contribution in [2.75, 3.05) is 11.4 Å². The number of nitrogens with zero attached hydrogens (tertiary/aromatic N) is 3. The van der Waals surface area contributed by atoms with E-state index in [2.05, 4.69) is 15.3 Å². The Morgan fingerprint density at radius 2 is 2.10 bits per heavy atom. The number of hydrogen-bond acceptors (Lipinski definition) is 4. The fraction of sp³-hybridized carbons (Fsp3) is 0.300. The van der Waals surface area contributed by atoms with E-state index in [0.717, 1.165) is 11.0 Å². The van der Waals surface area contributed by atoms with Crippen LogP contribution in [0.2, 0.25) is 0 Å². The number of anilines is 1. The predicted octanol–water partition coefficient (Wildman–Crippen LogP) is 2.80. The molecule has 0 saturated carbocycles. The summed E-state index contributed by atoms with van der Waals surface area (Å²) in [5.41, 5.74) is -0.0122. The van der Waals surface area contributed by atoms with Gasteiger partial charge in [0.25, 0.3) is 17.7 Å². The molecule has 4 rings (SSSR count). The first-order chi connectivity index (χ1) is 13.7. The second kappa shape index (κ2) is 6.98. The number of nitrogens with one attached hydrogen (secondary N) is 1. The molecule has 2 amide bonds. The van der Waals surface area contributed by atoms with Crippen molar-refractivity contribution in [2.24, 2.45) is 0 Å². The zero-order valence-corrected chi connectivity index (χ0v) is 15.5. The number of aromatic nitrogens is 2. The molecule has 1 unspecified atom stereocenters. The van der Waals surface area contributed by atoms with Crippen molar-refractivity contribution >= 4 is 17.5 Å². The maximum absolute atomic E-state index is 14.8. The molecular weight excluding hydrogens is 385 g/mol. The first-order valence-electron chi connectivity index (χ1n) is 9.03. The molecular formula is C20H17F3N4O2. The summed E-state index contributed by atoms with van der Waals surface area (Å²) in [6, 6.07) is 5.72. The van der Waals surface area contributed by atoms with Crippen LogP contribution >= 0.6 is 0 Å². The topological polar surface area (TPSA) is 75.2 Å². The summed E-state index contributed by atoms with van der Waals surface area (Å²) in [7, 11) is 0. The van der Waals surface area contributed by atoms with E-state index in [1.165, 1.54) is 30.5 Å². The number of carbonyl (C=O) groups is 2. The van der Waals surface area contributed by atoms with Crippen LogP contribution in [0.15, 0.2) is 47.7 Å². The SMILES string of the molecule is Cc1nccc(C(=O)NC2CC3=C(CN(c4cccc(F)c4)C3=O)C(F)(F)C2)n1. The molecule has 0 bridgehead atoms. The Labute approximate surface area is 164 Å². The Bertz CT molecular complexity index is 1040. The van der Waals surface area contributed by atoms with Crippen LogP contribution in [0.4, 0.5) is 18.9 Å². The smallest absolute Gasteiger partial charge is 0.273 e. The fourth-order valence-corrected chi connectivity index (χ4v) is 3.71. The molecule has 6 nitrogen and oxygen atoms in total. The summed E-state index contributed by atoms with van der Waals surface area (Å²) in [6.07, 6.45) is 0.766. The molecule has 0 spiro atoms. The van der Waals surface area contributed by atoms with Crippen LogP contribution in [0.5, 0.6) is 0 Å². The highest BCUT2D eigenvalue weighted by Gasteiger charge is 2.50. The van der Waals surface area contributed by atoms with Crippen LogP contribution in [-0.2, 0) is 4.79 Å². The summed E-state index contributed by atoms with van der Waals surface area (Å²) in [4.78, 5) is 34.2. The van der Waals surface area contributed by atoms with E-state index in [-0.39, 0.29) is 35.5 Å². The van der Waals surface area contributed by atoms with E-state index < -0.39 is 36.0 Å². The van der Waals surface area contributed by atoms with Gasteiger partial charge in [-0.1, -0.05) is 6.07 Å². The van der Waals surface area contributed by atoms with Gasteiger partial charge in [0.2, 0.25) is 0 Å². The number of rotatable bonds is 3. The van der Waals surface area contributed by atoms with Gasteiger partial charge < -0.3 is 10.2 Å². The molecule has 150 valence electrons. The minimum absolute atomic E-state index is 0.0224. The van der Waals surface area contributed by atoms with Gasteiger partial charge >= 0.3 is 0 Å². The lowest BCUT2D eigenvalue weighted by Gasteiger charge is -2.30. The molecule has 9 heteroatoms. The third-order valence-corrected chi connectivity index (χ3v) is 5.04. The molecule has 2 aromatic rings. The number of hydrogen-bond donors (Lipinski definition) is 1. The lowest BCUT2D eigenvalue weighted by atomic mass is 9.86. The third-order valence-electron chi connectivity index (χ3n) is 5.04. The van der Waals surface area contributed by atoms with Gasteiger partial charge in [0.1, 0.15) is 17.3 Å². The highest BCUT2D eigenvalue weighted by molar-refractivity contribution is 6.10. The molecule has 1 N–H and O–H groups in total. The quantitative estimate of drug-likeness (QED) is 0.857. The lowest BCUT2D eigenvalue weighted by Crippen LogP contribution is -2.43. The second-order valence-electron chi connectivity index (χ2n) is 7.10. The molecule has 1 aliphatic heterocycles. The van der Waals surface area contributed by atoms with E-state index in [1.54, 1.807) is 6.92 Å². The minimum atomic E-state index is -3.26. The van der Waals surface area contributed by atoms with Gasteiger partial charge in [-0.25, -0.2) is 23.1 Å². The Morgan fingerprint density at radius 3 is 2.83 bits per heavy atom. The van der Waals surface area contributed by atoms with Crippen molar-refractivity contribution < 1.29 is 22.8 Å². The van der Waals surface area contributed by atoms with Gasteiger partial charge in [-0.05, 0) is 37.6 Å². The highest BCUT2D eigenvalue weighted by atomic mass is 19.3. The van der Waals surface area contributed by atoms with E-state index in [4.69, 9.17) is 0 Å². The van der Waals surface area contributed by atoms with Gasteiger partial charge in [0, 0.05) is 35.5 Å². The first-order valence-corrected chi connectivity index (χ1v) is 9.03. The van der Waals surface area contributed by atoms with Crippen molar-refractivity contribution in [1.29, 1.82) is 0 Å². The number of halogens is 3. The average molecular weight is 402 g/mol. The van der Waals surface area contributed by atoms with Crippen LogP contribution in [0.1, 0.15) is 29.2 Å². The van der Waals surface area contributed by atoms with Crippen LogP contribution < -0.4 is 10.2 Å². The Morgan fingerprint density at radius 1 is 1.31 bits per heavy atom. The van der Waals surface area contributed by atoms with E-state index >= 15 is 0 Å². The maximum atomic E-state index is 14.8. The fourth-order valence-electron chi connectivity index (χ4n) is 3.71. The van der Waals surface area contributed by atoms with Crippen LogP contribution in [-0.4, -0.2) is 40.3 Å². The summed E-state index contributed by atoms with van der Waals surface area (Å²) in [5, 5.41) is 2.54. The van der Waals surface area contributed by atoms with E-state index in [1.807, 2.05) is 0 Å². The maximum Gasteiger partial charge on any atom is 0.273 e. The van der Waals surface area contributed by atoms with Gasteiger partial charge in [-0.2, -0.15) is 0 Å². The van der Waals surface area contributed by atoms with Gasteiger partial charge in [-0.3, -0.25) is 9.59 Å². The summed E-state index contributed by atoms with van der Waals surface area (Å²) in [6.45, 7) is 1.32. The van der Waals surface area contributed by atoms with Gasteiger partial charge in [0.05, 0.1) is 6.54 Å². The van der Waals surface area contributed by atoms with E-state index in [9.17, 15) is 22.8 Å². The van der Waals surface area contributed by atoms with Crippen LogP contribution in [0.25, 0.3) is 0 Å². The third kappa shape index (κ3) is 3.59. The highest BCUT2D eigenvalue weighted by Crippen LogP contribution is 2.43. The second-order valence-corrected chi connectivity index (χ2v) is 7.10. The van der Waals surface area contributed by atoms with Crippen LogP contribution in [0.3, 0.4) is 0 Å². The summed E-state index contributed by atoms with van der Waals surface area (Å²) < 4.78 is 43.1. The van der Waals surface area contributed by atoms with Crippen LogP contribution in [0, 0.1) is 12.7 Å². The Hall–Kier alpha value is -3.23. The first kappa shape index (κ1) is 19.1. The van der Waals surface area contributed by atoms with Crippen molar-refractivity contribution in [2.45, 2.75) is 31.7 Å². The minimum Gasteiger partial charge on any atom is -0.347 e. The number of benzene rings is 1. The number of amides is 2. The Kier molecular flexibility index (Phi) is 4.60. The standard InChI is InChI=1S/C20H17F3N4O2/c1-11-24-6-5-17(25-11)18(28)26-13-8-15-16(20(22,23)9-13)10-27(19(15)29)14-4-2-3-12(21)7-14/h2-7,13H,8-10H2,1H3,(H,26,28). The summed E-state index contributed by atoms with van der Waals surface area (Å²) in [5.74, 6) is -4.63. The van der Waals surface area contributed by atoms with Crippen molar-refractivity contribution in [3.05, 3.63) is 65.0 Å². The monoisotopic (exact) mass is 402 g/mol. The molecule has 1 aromatic heterocycles. The zero-order chi connectivity index (χ0) is 20.8. The van der Waals surface area contributed by atoms with Crippen molar-refractivity contribution in [1.82, 2.24) is 15.3 Å². The molecule has 0 saturated heterocycles. The molecule has 1 aromatic carbocycles. The molecule has 0 fully saturated rings. The van der Waals surface area contributed by atoms with E-state index in [0.29, 0.717) is 5.82 Å². The zero-order valence-electron chi connectivity index (χ0n) is 15.5. The number of alkyl halides is 2. The normalized spacial score (nSPS) is 20.6. The molecule has 0 radical (unpaired) electrons. The molecule has 2 heterocycles. The van der Waals surface area contributed by atoms with Crippen molar-refractivity contribution in [3.63, 3.8) is 0 Å². The average Bonchev–Trinajstić information content (AvgIpc) is 2.99. The Balaban J connectivity index is 1.55. The lowest BCUT2D eigenvalue weighted by molar-refractivity contribution is -0.114. The van der Waals surface area contributed by atoms with Gasteiger partial charge in [-0.15, -0.1) is 0 Å².